The highest BCUT2D eigenvalue weighted by atomic mass is 32.1. The molecule has 7 nitrogen and oxygen atoms in total. The molecule has 2 heterocycles. The van der Waals surface area contributed by atoms with E-state index in [4.69, 9.17) is 4.74 Å². The summed E-state index contributed by atoms with van der Waals surface area (Å²) in [5, 5.41) is 16.1. The van der Waals surface area contributed by atoms with Crippen LogP contribution < -0.4 is 5.32 Å². The summed E-state index contributed by atoms with van der Waals surface area (Å²) >= 11 is 2.69. The first-order chi connectivity index (χ1) is 12.4. The van der Waals surface area contributed by atoms with Crippen LogP contribution in [0.25, 0.3) is 10.1 Å². The quantitative estimate of drug-likeness (QED) is 0.391. The SMILES string of the molecule is C[C@H](NC(=O)COC(=O)c1cc2cc([N+](=O)[O-])ccc2s1)c1cccs1. The molecule has 0 bridgehead atoms. The molecule has 0 saturated heterocycles. The second kappa shape index (κ2) is 7.63. The number of ether oxygens (including phenoxy) is 1. The zero-order valence-electron chi connectivity index (χ0n) is 13.6. The minimum absolute atomic E-state index is 0.0443. The Morgan fingerprint density at radius 3 is 2.81 bits per heavy atom. The fourth-order valence-corrected chi connectivity index (χ4v) is 4.01. The van der Waals surface area contributed by atoms with Crippen molar-refractivity contribution < 1.29 is 19.2 Å². The van der Waals surface area contributed by atoms with Crippen LogP contribution >= 0.6 is 22.7 Å². The van der Waals surface area contributed by atoms with Gasteiger partial charge in [-0.2, -0.15) is 0 Å². The molecular formula is C17H14N2O5S2. The van der Waals surface area contributed by atoms with E-state index in [-0.39, 0.29) is 18.3 Å². The lowest BCUT2D eigenvalue weighted by Crippen LogP contribution is -2.30. The highest BCUT2D eigenvalue weighted by Gasteiger charge is 2.17. The fraction of sp³-hybridized carbons (Fsp3) is 0.176. The Hall–Kier alpha value is -2.78. The number of benzene rings is 1. The van der Waals surface area contributed by atoms with Crippen LogP contribution in [0.4, 0.5) is 5.69 Å². The first-order valence-electron chi connectivity index (χ1n) is 7.62. The number of amides is 1. The number of carbonyl (C=O) groups excluding carboxylic acids is 2. The maximum Gasteiger partial charge on any atom is 0.348 e. The van der Waals surface area contributed by atoms with Crippen LogP contribution in [0.3, 0.4) is 0 Å². The molecule has 134 valence electrons. The van der Waals surface area contributed by atoms with Gasteiger partial charge in [0.15, 0.2) is 6.61 Å². The number of hydrogen-bond acceptors (Lipinski definition) is 7. The molecule has 0 spiro atoms. The van der Waals surface area contributed by atoms with Gasteiger partial charge in [-0.1, -0.05) is 6.07 Å². The third-order valence-electron chi connectivity index (χ3n) is 3.59. The van der Waals surface area contributed by atoms with Gasteiger partial charge >= 0.3 is 5.97 Å². The van der Waals surface area contributed by atoms with E-state index in [1.165, 1.54) is 29.5 Å². The molecule has 3 rings (SSSR count). The summed E-state index contributed by atoms with van der Waals surface area (Å²) in [5.74, 6) is -1.02. The van der Waals surface area contributed by atoms with Gasteiger partial charge in [-0.25, -0.2) is 4.79 Å². The van der Waals surface area contributed by atoms with Gasteiger partial charge in [0.05, 0.1) is 11.0 Å². The number of nitro groups is 1. The van der Waals surface area contributed by atoms with Crippen molar-refractivity contribution in [1.29, 1.82) is 0 Å². The standard InChI is InChI=1S/C17H14N2O5S2/c1-10(13-3-2-6-25-13)18-16(20)9-24-17(21)15-8-11-7-12(19(22)23)4-5-14(11)26-15/h2-8,10H,9H2,1H3,(H,18,20)/t10-/m0/s1. The molecule has 1 amide bonds. The molecule has 26 heavy (non-hydrogen) atoms. The first-order valence-corrected chi connectivity index (χ1v) is 9.31. The molecule has 2 aromatic heterocycles. The van der Waals surface area contributed by atoms with Gasteiger partial charge in [-0.05, 0) is 30.5 Å². The van der Waals surface area contributed by atoms with Gasteiger partial charge in [-0.15, -0.1) is 22.7 Å². The van der Waals surface area contributed by atoms with Crippen molar-refractivity contribution in [3.63, 3.8) is 0 Å². The molecule has 1 aromatic carbocycles. The number of non-ortho nitro benzene ring substituents is 1. The number of nitrogens with zero attached hydrogens (tertiary/aromatic N) is 1. The highest BCUT2D eigenvalue weighted by molar-refractivity contribution is 7.20. The molecule has 0 aliphatic carbocycles. The van der Waals surface area contributed by atoms with Crippen LogP contribution in [0.5, 0.6) is 0 Å². The van der Waals surface area contributed by atoms with E-state index in [9.17, 15) is 19.7 Å². The van der Waals surface area contributed by atoms with Crippen molar-refractivity contribution in [3.8, 4) is 0 Å². The van der Waals surface area contributed by atoms with Crippen LogP contribution in [0.15, 0.2) is 41.8 Å². The molecule has 0 unspecified atom stereocenters. The average Bonchev–Trinajstić information content (AvgIpc) is 3.28. The Balaban J connectivity index is 1.60. The molecule has 1 N–H and O–H groups in total. The van der Waals surface area contributed by atoms with Crippen LogP contribution in [-0.4, -0.2) is 23.4 Å². The predicted molar refractivity (Wildman–Crippen MR) is 99.6 cm³/mol. The van der Waals surface area contributed by atoms with Crippen molar-refractivity contribution in [3.05, 3.63) is 61.6 Å². The number of thiophene rings is 2. The smallest absolute Gasteiger partial charge is 0.348 e. The van der Waals surface area contributed by atoms with Crippen molar-refractivity contribution in [2.24, 2.45) is 0 Å². The zero-order valence-corrected chi connectivity index (χ0v) is 15.3. The van der Waals surface area contributed by atoms with Crippen LogP contribution in [-0.2, 0) is 9.53 Å². The molecule has 0 aliphatic heterocycles. The second-order valence-electron chi connectivity index (χ2n) is 5.47. The van der Waals surface area contributed by atoms with E-state index in [2.05, 4.69) is 5.32 Å². The molecule has 0 radical (unpaired) electrons. The Labute approximate surface area is 156 Å². The molecule has 0 saturated carbocycles. The van der Waals surface area contributed by atoms with Gasteiger partial charge in [-0.3, -0.25) is 14.9 Å². The molecule has 1 atom stereocenters. The predicted octanol–water partition coefficient (Wildman–Crippen LogP) is 3.91. The van der Waals surface area contributed by atoms with Gasteiger partial charge in [0.25, 0.3) is 11.6 Å². The Kier molecular flexibility index (Phi) is 5.29. The normalized spacial score (nSPS) is 11.9. The number of nitrogens with one attached hydrogen (secondary N) is 1. The minimum atomic E-state index is -0.632. The number of hydrogen-bond donors (Lipinski definition) is 1. The largest absolute Gasteiger partial charge is 0.451 e. The fourth-order valence-electron chi connectivity index (χ4n) is 2.34. The summed E-state index contributed by atoms with van der Waals surface area (Å²) in [6.45, 7) is 1.47. The molecule has 0 fully saturated rings. The van der Waals surface area contributed by atoms with E-state index < -0.39 is 16.8 Å². The topological polar surface area (TPSA) is 98.5 Å². The van der Waals surface area contributed by atoms with Gasteiger partial charge in [0.1, 0.15) is 4.88 Å². The summed E-state index contributed by atoms with van der Waals surface area (Å²) in [4.78, 5) is 35.7. The van der Waals surface area contributed by atoms with Crippen molar-refractivity contribution in [2.75, 3.05) is 6.61 Å². The molecule has 3 aromatic rings. The van der Waals surface area contributed by atoms with Gasteiger partial charge < -0.3 is 10.1 Å². The Morgan fingerprint density at radius 2 is 2.12 bits per heavy atom. The first kappa shape index (κ1) is 18.0. The third kappa shape index (κ3) is 4.06. The summed E-state index contributed by atoms with van der Waals surface area (Å²) in [6, 6.07) is 9.55. The molecule has 0 aliphatic rings. The van der Waals surface area contributed by atoms with Crippen molar-refractivity contribution >= 4 is 50.3 Å². The summed E-state index contributed by atoms with van der Waals surface area (Å²) < 4.78 is 5.78. The number of rotatable bonds is 6. The summed E-state index contributed by atoms with van der Waals surface area (Å²) in [5.41, 5.74) is -0.0443. The van der Waals surface area contributed by atoms with E-state index in [0.29, 0.717) is 10.3 Å². The third-order valence-corrected chi connectivity index (χ3v) is 5.74. The highest BCUT2D eigenvalue weighted by Crippen LogP contribution is 2.29. The number of fused-ring (bicyclic) bond motifs is 1. The molecule has 9 heteroatoms. The van der Waals surface area contributed by atoms with Crippen molar-refractivity contribution in [2.45, 2.75) is 13.0 Å². The minimum Gasteiger partial charge on any atom is -0.451 e. The van der Waals surface area contributed by atoms with E-state index >= 15 is 0 Å². The van der Waals surface area contributed by atoms with Gasteiger partial charge in [0.2, 0.25) is 0 Å². The Morgan fingerprint density at radius 1 is 1.31 bits per heavy atom. The maximum atomic E-state index is 12.1. The van der Waals surface area contributed by atoms with E-state index in [1.807, 2.05) is 24.4 Å². The monoisotopic (exact) mass is 390 g/mol. The van der Waals surface area contributed by atoms with Crippen LogP contribution in [0.1, 0.15) is 27.5 Å². The van der Waals surface area contributed by atoms with Gasteiger partial charge in [0, 0.05) is 27.1 Å². The van der Waals surface area contributed by atoms with Crippen molar-refractivity contribution in [1.82, 2.24) is 5.32 Å². The summed E-state index contributed by atoms with van der Waals surface area (Å²) in [6.07, 6.45) is 0. The second-order valence-corrected chi connectivity index (χ2v) is 7.53. The number of esters is 1. The molecular weight excluding hydrogens is 376 g/mol. The zero-order chi connectivity index (χ0) is 18.7. The lowest BCUT2D eigenvalue weighted by atomic mass is 10.2. The van der Waals surface area contributed by atoms with E-state index in [0.717, 1.165) is 20.9 Å². The number of carbonyl (C=O) groups is 2. The lowest BCUT2D eigenvalue weighted by Gasteiger charge is -2.12. The maximum absolute atomic E-state index is 12.1. The van der Waals surface area contributed by atoms with E-state index in [1.54, 1.807) is 6.07 Å². The number of nitro benzene ring substituents is 1. The average molecular weight is 390 g/mol. The lowest BCUT2D eigenvalue weighted by molar-refractivity contribution is -0.384. The van der Waals surface area contributed by atoms with Crippen LogP contribution in [0, 0.1) is 10.1 Å². The Bertz CT molecular complexity index is 965. The summed E-state index contributed by atoms with van der Waals surface area (Å²) in [7, 11) is 0. The van der Waals surface area contributed by atoms with Crippen LogP contribution in [0.2, 0.25) is 0 Å².